The van der Waals surface area contributed by atoms with Crippen LogP contribution < -0.4 is 14.8 Å². The first-order chi connectivity index (χ1) is 20.8. The molecule has 0 saturated heterocycles. The normalized spacial score (nSPS) is 20.9. The maximum atomic E-state index is 14.7. The fourth-order valence-electron chi connectivity index (χ4n) is 5.84. The van der Waals surface area contributed by atoms with Gasteiger partial charge in [0.1, 0.15) is 23.2 Å². The van der Waals surface area contributed by atoms with E-state index < -0.39 is 35.0 Å². The lowest BCUT2D eigenvalue weighted by Gasteiger charge is -2.44. The van der Waals surface area contributed by atoms with Crippen LogP contribution in [0.3, 0.4) is 0 Å². The molecule has 0 bridgehead atoms. The summed E-state index contributed by atoms with van der Waals surface area (Å²) in [7, 11) is 2.27. The number of hydrogen-bond donors (Lipinski definition) is 1. The molecule has 2 aromatic rings. The number of hydrogen-bond acceptors (Lipinski definition) is 6. The number of benzene rings is 2. The summed E-state index contributed by atoms with van der Waals surface area (Å²) in [5.41, 5.74) is -1.03. The summed E-state index contributed by atoms with van der Waals surface area (Å²) in [5, 5.41) is 2.79. The first-order valence-corrected chi connectivity index (χ1v) is 14.6. The Hall–Kier alpha value is -3.79. The van der Waals surface area contributed by atoms with E-state index in [2.05, 4.69) is 17.5 Å². The maximum Gasteiger partial charge on any atom is 0.432 e. The summed E-state index contributed by atoms with van der Waals surface area (Å²) in [5.74, 6) is -1.11. The largest absolute Gasteiger partial charge is 0.496 e. The number of ether oxygens (including phenoxy) is 4. The molecular weight excluding hydrogens is 575 g/mol. The third-order valence-electron chi connectivity index (χ3n) is 8.39. The summed E-state index contributed by atoms with van der Waals surface area (Å²) >= 11 is 0. The van der Waals surface area contributed by atoms with E-state index >= 15 is 0 Å². The van der Waals surface area contributed by atoms with Crippen LogP contribution in [0.25, 0.3) is 0 Å². The Morgan fingerprint density at radius 2 is 1.80 bits per heavy atom. The second-order valence-corrected chi connectivity index (χ2v) is 11.8. The SMILES string of the molecule is COc1cc2c(c3c1C[C@H](OC(=O)[C@](OC)(c1ccccc1)C(F)(F)F)[C@](C)(CC/C=C(\C)CCC=C(C)C)O3)CNC2=O. The van der Waals surface area contributed by atoms with E-state index in [1.807, 2.05) is 20.8 Å². The molecule has 2 aliphatic rings. The van der Waals surface area contributed by atoms with Crippen molar-refractivity contribution < 1.29 is 41.7 Å². The van der Waals surface area contributed by atoms with E-state index in [1.165, 1.54) is 36.9 Å². The van der Waals surface area contributed by atoms with Crippen LogP contribution in [0.4, 0.5) is 13.2 Å². The molecule has 2 aliphatic heterocycles. The standard InChI is InChI=1S/C34H40F3NO6/c1-21(2)12-10-13-22(3)14-11-17-32(4)28(19-25-27(41-5)18-24-26(29(25)44-32)20-38-30(24)39)43-31(40)33(42-6,34(35,36)37)23-15-8-7-9-16-23/h7-9,12,14-16,18,28H,10-11,13,17,19-20H2,1-6H3,(H,38,39)/b22-14+/t28-,32-,33+/m0/s1. The highest BCUT2D eigenvalue weighted by atomic mass is 19.4. The Kier molecular flexibility index (Phi) is 9.83. The van der Waals surface area contributed by atoms with Crippen molar-refractivity contribution in [2.24, 2.45) is 0 Å². The molecule has 0 unspecified atom stereocenters. The van der Waals surface area contributed by atoms with E-state index in [0.717, 1.165) is 25.5 Å². The quantitative estimate of drug-likeness (QED) is 0.214. The van der Waals surface area contributed by atoms with Crippen LogP contribution in [0.15, 0.2) is 59.7 Å². The fourth-order valence-corrected chi connectivity index (χ4v) is 5.84. The van der Waals surface area contributed by atoms with E-state index in [-0.39, 0.29) is 18.9 Å². The van der Waals surface area contributed by atoms with Crippen molar-refractivity contribution in [3.63, 3.8) is 0 Å². The Labute approximate surface area is 256 Å². The second kappa shape index (κ2) is 13.1. The number of alkyl halides is 3. The number of allylic oxidation sites excluding steroid dienone is 4. The molecule has 4 rings (SSSR count). The topological polar surface area (TPSA) is 83.1 Å². The van der Waals surface area contributed by atoms with Gasteiger partial charge in [-0.3, -0.25) is 4.79 Å². The molecule has 0 aromatic heterocycles. The Bertz CT molecular complexity index is 1450. The van der Waals surface area contributed by atoms with Crippen LogP contribution in [0.2, 0.25) is 0 Å². The van der Waals surface area contributed by atoms with Gasteiger partial charge in [0.05, 0.1) is 12.7 Å². The van der Waals surface area contributed by atoms with E-state index in [0.29, 0.717) is 41.0 Å². The third kappa shape index (κ3) is 6.36. The molecule has 0 saturated carbocycles. The lowest BCUT2D eigenvalue weighted by molar-refractivity contribution is -0.281. The molecule has 2 heterocycles. The zero-order valence-electron chi connectivity index (χ0n) is 26.0. The van der Waals surface area contributed by atoms with Crippen LogP contribution in [-0.4, -0.2) is 44.0 Å². The number of fused-ring (bicyclic) bond motifs is 3. The number of esters is 1. The lowest BCUT2D eigenvalue weighted by Crippen LogP contribution is -2.57. The van der Waals surface area contributed by atoms with Crippen LogP contribution >= 0.6 is 0 Å². The van der Waals surface area contributed by atoms with Crippen molar-refractivity contribution in [1.82, 2.24) is 5.32 Å². The van der Waals surface area contributed by atoms with Gasteiger partial charge < -0.3 is 24.3 Å². The van der Waals surface area contributed by atoms with Crippen molar-refractivity contribution in [2.75, 3.05) is 14.2 Å². The molecule has 0 radical (unpaired) electrons. The molecule has 2 aromatic carbocycles. The van der Waals surface area contributed by atoms with E-state index in [9.17, 15) is 22.8 Å². The third-order valence-corrected chi connectivity index (χ3v) is 8.39. The smallest absolute Gasteiger partial charge is 0.432 e. The Morgan fingerprint density at radius 3 is 2.41 bits per heavy atom. The average Bonchev–Trinajstić information content (AvgIpc) is 3.33. The summed E-state index contributed by atoms with van der Waals surface area (Å²) in [4.78, 5) is 26.2. The minimum atomic E-state index is -5.13. The summed E-state index contributed by atoms with van der Waals surface area (Å²) in [6.45, 7) is 8.08. The monoisotopic (exact) mass is 615 g/mol. The van der Waals surface area contributed by atoms with Crippen molar-refractivity contribution in [2.45, 2.75) is 89.8 Å². The average molecular weight is 616 g/mol. The highest BCUT2D eigenvalue weighted by Gasteiger charge is 2.65. The van der Waals surface area contributed by atoms with Gasteiger partial charge in [0.25, 0.3) is 11.5 Å². The molecule has 3 atom stereocenters. The van der Waals surface area contributed by atoms with Gasteiger partial charge in [-0.1, -0.05) is 53.6 Å². The molecular formula is C34H40F3NO6. The molecule has 0 aliphatic carbocycles. The molecule has 0 spiro atoms. The highest BCUT2D eigenvalue weighted by Crippen LogP contribution is 2.48. The number of carbonyl (C=O) groups is 2. The first kappa shape index (κ1) is 33.1. The minimum absolute atomic E-state index is 0.0118. The molecule has 1 N–H and O–H groups in total. The summed E-state index contributed by atoms with van der Waals surface area (Å²) < 4.78 is 67.1. The number of amides is 1. The number of methoxy groups -OCH3 is 2. The first-order valence-electron chi connectivity index (χ1n) is 14.6. The highest BCUT2D eigenvalue weighted by molar-refractivity contribution is 6.00. The van der Waals surface area contributed by atoms with Crippen LogP contribution in [-0.2, 0) is 32.8 Å². The number of carbonyl (C=O) groups excluding carboxylic acids is 2. The molecule has 1 amide bonds. The predicted molar refractivity (Wildman–Crippen MR) is 160 cm³/mol. The number of rotatable bonds is 11. The second-order valence-electron chi connectivity index (χ2n) is 11.8. The fraction of sp³-hybridized carbons (Fsp3) is 0.471. The van der Waals surface area contributed by atoms with Crippen LogP contribution in [0.5, 0.6) is 11.5 Å². The molecule has 7 nitrogen and oxygen atoms in total. The van der Waals surface area contributed by atoms with Gasteiger partial charge in [-0.15, -0.1) is 0 Å². The Balaban J connectivity index is 1.73. The van der Waals surface area contributed by atoms with Crippen LogP contribution in [0.1, 0.15) is 80.4 Å². The van der Waals surface area contributed by atoms with Gasteiger partial charge >= 0.3 is 12.1 Å². The lowest BCUT2D eigenvalue weighted by atomic mass is 9.83. The summed E-state index contributed by atoms with van der Waals surface area (Å²) in [6, 6.07) is 8.30. The number of halogens is 3. The molecule has 44 heavy (non-hydrogen) atoms. The Morgan fingerprint density at radius 1 is 1.09 bits per heavy atom. The van der Waals surface area contributed by atoms with E-state index in [4.69, 9.17) is 18.9 Å². The maximum absolute atomic E-state index is 14.7. The van der Waals surface area contributed by atoms with Gasteiger partial charge in [0.2, 0.25) is 0 Å². The minimum Gasteiger partial charge on any atom is -0.496 e. The van der Waals surface area contributed by atoms with Gasteiger partial charge in [0.15, 0.2) is 0 Å². The van der Waals surface area contributed by atoms with Gasteiger partial charge in [0, 0.05) is 36.8 Å². The molecule has 238 valence electrons. The number of nitrogens with one attached hydrogen (secondary N) is 1. The van der Waals surface area contributed by atoms with E-state index in [1.54, 1.807) is 19.1 Å². The zero-order valence-corrected chi connectivity index (χ0v) is 26.0. The van der Waals surface area contributed by atoms with Gasteiger partial charge in [-0.05, 0) is 59.4 Å². The van der Waals surface area contributed by atoms with Gasteiger partial charge in [-0.2, -0.15) is 13.2 Å². The predicted octanol–water partition coefficient (Wildman–Crippen LogP) is 7.12. The molecule has 10 heteroatoms. The van der Waals surface area contributed by atoms with Crippen molar-refractivity contribution in [3.8, 4) is 11.5 Å². The van der Waals surface area contributed by atoms with Gasteiger partial charge in [-0.25, -0.2) is 4.79 Å². The van der Waals surface area contributed by atoms with Crippen molar-refractivity contribution in [1.29, 1.82) is 0 Å². The van der Waals surface area contributed by atoms with Crippen molar-refractivity contribution in [3.05, 3.63) is 82.0 Å². The summed E-state index contributed by atoms with van der Waals surface area (Å²) in [6.07, 6.45) is 0.593. The van der Waals surface area contributed by atoms with Crippen LogP contribution in [0, 0.1) is 0 Å². The molecule has 0 fully saturated rings. The van der Waals surface area contributed by atoms with Crippen molar-refractivity contribution >= 4 is 11.9 Å². The zero-order chi connectivity index (χ0) is 32.3.